The standard InChI is InChI=1S/C49H44N4O6/c54-44(53-43(32-59-49(53)58)35-18-6-2-7-19-35)30-40(38-27-26-34-17-10-11-22-37(34)29-38)46(48(56)57)51-45(36-20-8-3-9-21-36)39-23-12-13-24-41(39)50-47(55)42-25-14-28-52(42)31-33-15-4-1-5-16-33/h1-13,15-24,26-27,29,40,42-43,46H,14,25,28,30-32H2,(H,50,55)(H,56,57)/t40-,42+,43-,46+/m1/s1. The first-order valence-electron chi connectivity index (χ1n) is 19.9. The molecule has 6 aromatic carbocycles. The lowest BCUT2D eigenvalue weighted by Gasteiger charge is -2.27. The number of carbonyl (C=O) groups is 4. The number of hydrogen-bond acceptors (Lipinski definition) is 7. The quantitative estimate of drug-likeness (QED) is 0.112. The molecule has 2 aliphatic heterocycles. The SMILES string of the molecule is O=C(O)[C@@H](N=C(c1ccccc1)c1ccccc1NC(=O)[C@@H]1CCCN1Cc1ccccc1)[C@H](CC(=O)N1C(=O)OC[C@@H]1c1ccccc1)c1ccc2ccccc2c1. The Bertz CT molecular complexity index is 2490. The van der Waals surface area contributed by atoms with Crippen molar-refractivity contribution in [3.63, 3.8) is 0 Å². The topological polar surface area (TPSA) is 129 Å². The van der Waals surface area contributed by atoms with Gasteiger partial charge in [-0.2, -0.15) is 0 Å². The van der Waals surface area contributed by atoms with E-state index in [-0.39, 0.29) is 25.0 Å². The van der Waals surface area contributed by atoms with Crippen molar-refractivity contribution < 1.29 is 29.0 Å². The van der Waals surface area contributed by atoms with E-state index >= 15 is 0 Å². The first-order valence-corrected chi connectivity index (χ1v) is 19.9. The highest BCUT2D eigenvalue weighted by Crippen LogP contribution is 2.35. The second-order valence-electron chi connectivity index (χ2n) is 15.0. The van der Waals surface area contributed by atoms with Gasteiger partial charge >= 0.3 is 12.1 Å². The lowest BCUT2D eigenvalue weighted by molar-refractivity contribution is -0.139. The summed E-state index contributed by atoms with van der Waals surface area (Å²) in [6, 6.07) is 46.5. The molecule has 2 saturated heterocycles. The van der Waals surface area contributed by atoms with Crippen LogP contribution in [-0.2, 0) is 25.7 Å². The Balaban J connectivity index is 1.18. The second kappa shape index (κ2) is 17.7. The highest BCUT2D eigenvalue weighted by molar-refractivity contribution is 6.18. The van der Waals surface area contributed by atoms with Gasteiger partial charge in [0.25, 0.3) is 0 Å². The number of carbonyl (C=O) groups excluding carboxylic acids is 3. The van der Waals surface area contributed by atoms with Crippen LogP contribution in [0.3, 0.4) is 0 Å². The Morgan fingerprint density at radius 1 is 0.780 bits per heavy atom. The second-order valence-corrected chi connectivity index (χ2v) is 15.0. The van der Waals surface area contributed by atoms with Gasteiger partial charge in [-0.05, 0) is 52.9 Å². The number of hydrogen-bond donors (Lipinski definition) is 2. The molecule has 59 heavy (non-hydrogen) atoms. The Morgan fingerprint density at radius 3 is 2.19 bits per heavy atom. The number of aliphatic imine (C=N–C) groups is 1. The van der Waals surface area contributed by atoms with Crippen LogP contribution in [-0.4, -0.2) is 69.7 Å². The molecule has 4 atom stereocenters. The third-order valence-electron chi connectivity index (χ3n) is 11.2. The number of amides is 3. The van der Waals surface area contributed by atoms with Gasteiger partial charge in [-0.1, -0.05) is 152 Å². The van der Waals surface area contributed by atoms with Gasteiger partial charge in [-0.25, -0.2) is 14.5 Å². The van der Waals surface area contributed by atoms with Crippen LogP contribution in [0.4, 0.5) is 10.5 Å². The predicted molar refractivity (Wildman–Crippen MR) is 227 cm³/mol. The minimum absolute atomic E-state index is 0.0126. The molecule has 6 aromatic rings. The zero-order valence-corrected chi connectivity index (χ0v) is 32.4. The largest absolute Gasteiger partial charge is 0.480 e. The zero-order valence-electron chi connectivity index (χ0n) is 32.4. The molecule has 0 radical (unpaired) electrons. The molecule has 2 N–H and O–H groups in total. The van der Waals surface area contributed by atoms with Crippen LogP contribution in [0.15, 0.2) is 163 Å². The van der Waals surface area contributed by atoms with Crippen LogP contribution in [0.1, 0.15) is 59.0 Å². The van der Waals surface area contributed by atoms with E-state index in [0.29, 0.717) is 41.1 Å². The number of nitrogens with one attached hydrogen (secondary N) is 1. The summed E-state index contributed by atoms with van der Waals surface area (Å²) in [5.74, 6) is -3.00. The molecule has 0 aliphatic carbocycles. The number of fused-ring (bicyclic) bond motifs is 1. The molecule has 10 heteroatoms. The van der Waals surface area contributed by atoms with Crippen LogP contribution in [0.25, 0.3) is 10.8 Å². The molecular weight excluding hydrogens is 741 g/mol. The highest BCUT2D eigenvalue weighted by atomic mass is 16.6. The summed E-state index contributed by atoms with van der Waals surface area (Å²) >= 11 is 0. The van der Waals surface area contributed by atoms with E-state index in [1.54, 1.807) is 6.07 Å². The van der Waals surface area contributed by atoms with Gasteiger partial charge in [0.15, 0.2) is 6.04 Å². The molecule has 0 bridgehead atoms. The normalized spacial score (nSPS) is 18.0. The average Bonchev–Trinajstić information content (AvgIpc) is 3.91. The van der Waals surface area contributed by atoms with Crippen molar-refractivity contribution in [1.29, 1.82) is 0 Å². The van der Waals surface area contributed by atoms with E-state index in [0.717, 1.165) is 39.8 Å². The molecule has 8 rings (SSSR count). The first kappa shape index (κ1) is 38.9. The monoisotopic (exact) mass is 784 g/mol. The number of anilines is 1. The van der Waals surface area contributed by atoms with E-state index in [1.165, 1.54) is 0 Å². The fourth-order valence-corrected chi connectivity index (χ4v) is 8.25. The highest BCUT2D eigenvalue weighted by Gasteiger charge is 2.42. The molecule has 296 valence electrons. The van der Waals surface area contributed by atoms with E-state index in [4.69, 9.17) is 9.73 Å². The number of rotatable bonds is 13. The zero-order chi connectivity index (χ0) is 40.7. The van der Waals surface area contributed by atoms with Crippen molar-refractivity contribution in [2.75, 3.05) is 18.5 Å². The van der Waals surface area contributed by atoms with Crippen LogP contribution in [0.5, 0.6) is 0 Å². The van der Waals surface area contributed by atoms with Crippen molar-refractivity contribution >= 4 is 46.0 Å². The molecule has 10 nitrogen and oxygen atoms in total. The number of carboxylic acid groups (broad SMARTS) is 1. The third kappa shape index (κ3) is 8.68. The number of aliphatic carboxylic acids is 1. The molecule has 0 unspecified atom stereocenters. The van der Waals surface area contributed by atoms with Crippen molar-refractivity contribution in [1.82, 2.24) is 9.80 Å². The van der Waals surface area contributed by atoms with Gasteiger partial charge in [0, 0.05) is 30.0 Å². The Kier molecular flexibility index (Phi) is 11.7. The van der Waals surface area contributed by atoms with E-state index < -0.39 is 36.0 Å². The van der Waals surface area contributed by atoms with Gasteiger partial charge in [-0.15, -0.1) is 0 Å². The fraction of sp³-hybridized carbons (Fsp3) is 0.204. The number of benzene rings is 6. The Morgan fingerprint density at radius 2 is 1.44 bits per heavy atom. The first-order chi connectivity index (χ1) is 28.8. The van der Waals surface area contributed by atoms with Gasteiger partial charge in [-0.3, -0.25) is 19.5 Å². The van der Waals surface area contributed by atoms with E-state index in [2.05, 4.69) is 22.3 Å². The maximum absolute atomic E-state index is 14.4. The van der Waals surface area contributed by atoms with Crippen molar-refractivity contribution in [3.05, 3.63) is 186 Å². The Hall–Kier alpha value is -6.91. The maximum atomic E-state index is 14.4. The van der Waals surface area contributed by atoms with Gasteiger partial charge in [0.1, 0.15) is 12.6 Å². The summed E-state index contributed by atoms with van der Waals surface area (Å²) in [6.45, 7) is 1.43. The van der Waals surface area contributed by atoms with Gasteiger partial charge in [0.05, 0.1) is 17.4 Å². The average molecular weight is 785 g/mol. The molecule has 0 spiro atoms. The summed E-state index contributed by atoms with van der Waals surface area (Å²) < 4.78 is 5.39. The smallest absolute Gasteiger partial charge is 0.417 e. The van der Waals surface area contributed by atoms with Crippen molar-refractivity contribution in [2.45, 2.75) is 49.9 Å². The molecule has 2 fully saturated rings. The number of nitrogens with zero attached hydrogens (tertiary/aromatic N) is 3. The van der Waals surface area contributed by atoms with Gasteiger partial charge < -0.3 is 15.2 Å². The summed E-state index contributed by atoms with van der Waals surface area (Å²) in [7, 11) is 0. The minimum Gasteiger partial charge on any atom is -0.480 e. The maximum Gasteiger partial charge on any atom is 0.417 e. The van der Waals surface area contributed by atoms with Crippen molar-refractivity contribution in [3.8, 4) is 0 Å². The van der Waals surface area contributed by atoms with E-state index in [1.807, 2.05) is 140 Å². The van der Waals surface area contributed by atoms with Crippen LogP contribution in [0.2, 0.25) is 0 Å². The number of likely N-dealkylation sites (tertiary alicyclic amines) is 1. The molecule has 2 aliphatic rings. The lowest BCUT2D eigenvalue weighted by Crippen LogP contribution is -2.39. The summed E-state index contributed by atoms with van der Waals surface area (Å²) in [5.41, 5.74) is 4.41. The van der Waals surface area contributed by atoms with Crippen LogP contribution < -0.4 is 5.32 Å². The molecule has 0 aromatic heterocycles. The van der Waals surface area contributed by atoms with E-state index in [9.17, 15) is 24.3 Å². The summed E-state index contributed by atoms with van der Waals surface area (Å²) in [5, 5.41) is 16.1. The van der Waals surface area contributed by atoms with Crippen LogP contribution >= 0.6 is 0 Å². The minimum atomic E-state index is -1.50. The lowest BCUT2D eigenvalue weighted by atomic mass is 9.86. The third-order valence-corrected chi connectivity index (χ3v) is 11.2. The number of ether oxygens (including phenoxy) is 1. The molecule has 2 heterocycles. The Labute approximate surface area is 342 Å². The summed E-state index contributed by atoms with van der Waals surface area (Å²) in [4.78, 5) is 63.7. The number of cyclic esters (lactones) is 1. The number of para-hydroxylation sites is 1. The fourth-order valence-electron chi connectivity index (χ4n) is 8.25. The molecule has 0 saturated carbocycles. The van der Waals surface area contributed by atoms with Crippen LogP contribution in [0, 0.1) is 0 Å². The van der Waals surface area contributed by atoms with Crippen molar-refractivity contribution in [2.24, 2.45) is 4.99 Å². The van der Waals surface area contributed by atoms with Gasteiger partial charge in [0.2, 0.25) is 11.8 Å². The number of imide groups is 1. The molecule has 3 amide bonds. The number of carboxylic acids is 1. The summed E-state index contributed by atoms with van der Waals surface area (Å²) in [6.07, 6.45) is 0.463. The predicted octanol–water partition coefficient (Wildman–Crippen LogP) is 8.63. The molecular formula is C49H44N4O6.